The number of anilines is 2. The topological polar surface area (TPSA) is 69.7 Å². The number of halogens is 1. The van der Waals surface area contributed by atoms with E-state index in [1.807, 2.05) is 37.3 Å². The zero-order valence-electron chi connectivity index (χ0n) is 20.8. The molecule has 0 bridgehead atoms. The minimum atomic E-state index is -0.191. The first-order valence-electron chi connectivity index (χ1n) is 12.0. The Balaban J connectivity index is 1.55. The van der Waals surface area contributed by atoms with E-state index in [9.17, 15) is 14.4 Å². The number of aryl methyl sites for hydroxylation is 1. The van der Waals surface area contributed by atoms with Gasteiger partial charge >= 0.3 is 0 Å². The van der Waals surface area contributed by atoms with Gasteiger partial charge in [-0.15, -0.1) is 0 Å². The van der Waals surface area contributed by atoms with Crippen molar-refractivity contribution >= 4 is 40.7 Å². The van der Waals surface area contributed by atoms with Crippen LogP contribution >= 0.6 is 11.6 Å². The number of carbonyl (C=O) groups is 3. The molecule has 3 aromatic carbocycles. The second-order valence-corrected chi connectivity index (χ2v) is 9.77. The Morgan fingerprint density at radius 3 is 2.44 bits per heavy atom. The molecule has 1 N–H and O–H groups in total. The molecule has 0 aromatic heterocycles. The van der Waals surface area contributed by atoms with Gasteiger partial charge in [0.1, 0.15) is 0 Å². The Labute approximate surface area is 216 Å². The number of amides is 3. The van der Waals surface area contributed by atoms with Crippen molar-refractivity contribution in [3.8, 4) is 0 Å². The van der Waals surface area contributed by atoms with E-state index in [0.29, 0.717) is 34.8 Å². The smallest absolute Gasteiger partial charge is 0.258 e. The summed E-state index contributed by atoms with van der Waals surface area (Å²) in [6.45, 7) is 2.44. The normalized spacial score (nSPS) is 15.0. The van der Waals surface area contributed by atoms with Crippen LogP contribution in [0.5, 0.6) is 0 Å². The number of carbonyl (C=O) groups excluding carboxylic acids is 3. The highest BCUT2D eigenvalue weighted by Crippen LogP contribution is 2.39. The maximum Gasteiger partial charge on any atom is 0.258 e. The summed E-state index contributed by atoms with van der Waals surface area (Å²) in [5.41, 5.74) is 4.35. The summed E-state index contributed by atoms with van der Waals surface area (Å²) < 4.78 is 0. The summed E-state index contributed by atoms with van der Waals surface area (Å²) in [6, 6.07) is 19.8. The van der Waals surface area contributed by atoms with Crippen molar-refractivity contribution in [2.24, 2.45) is 0 Å². The molecular formula is C29H30ClN3O3. The monoisotopic (exact) mass is 503 g/mol. The van der Waals surface area contributed by atoms with Crippen LogP contribution in [0.25, 0.3) is 0 Å². The van der Waals surface area contributed by atoms with E-state index in [2.05, 4.69) is 5.32 Å². The van der Waals surface area contributed by atoms with Crippen molar-refractivity contribution in [2.75, 3.05) is 30.9 Å². The lowest BCUT2D eigenvalue weighted by molar-refractivity contribution is -0.129. The van der Waals surface area contributed by atoms with Gasteiger partial charge in [0.2, 0.25) is 5.91 Å². The molecule has 3 amide bonds. The second kappa shape index (κ2) is 11.0. The van der Waals surface area contributed by atoms with Gasteiger partial charge in [0.05, 0.1) is 0 Å². The summed E-state index contributed by atoms with van der Waals surface area (Å²) in [7, 11) is 3.50. The lowest BCUT2D eigenvalue weighted by atomic mass is 9.90. The van der Waals surface area contributed by atoms with Gasteiger partial charge in [-0.2, -0.15) is 0 Å². The number of hydrogen-bond donors (Lipinski definition) is 1. The maximum absolute atomic E-state index is 13.6. The molecule has 1 aliphatic rings. The minimum absolute atomic E-state index is 0.00886. The molecule has 0 aliphatic carbocycles. The molecule has 0 saturated carbocycles. The number of rotatable bonds is 5. The van der Waals surface area contributed by atoms with Gasteiger partial charge in [-0.3, -0.25) is 14.4 Å². The highest BCUT2D eigenvalue weighted by Gasteiger charge is 2.29. The molecule has 1 atom stereocenters. The van der Waals surface area contributed by atoms with Gasteiger partial charge in [-0.1, -0.05) is 29.8 Å². The lowest BCUT2D eigenvalue weighted by Gasteiger charge is -2.25. The molecule has 1 unspecified atom stereocenters. The van der Waals surface area contributed by atoms with Crippen LogP contribution in [-0.4, -0.2) is 43.3 Å². The van der Waals surface area contributed by atoms with Crippen molar-refractivity contribution < 1.29 is 14.4 Å². The van der Waals surface area contributed by atoms with E-state index in [1.54, 1.807) is 60.3 Å². The molecule has 7 heteroatoms. The standard InChI is InChI=1S/C29H30ClN3O3/c1-19-7-4-5-9-24(19)28(35)31-23-13-10-20(11-14-23)29(36)33-16-6-8-21(17-27(34)32(2)3)25-18-22(30)12-15-26(25)33/h4-5,7,9-15,18,21H,6,8,16-17H2,1-3H3,(H,31,35). The highest BCUT2D eigenvalue weighted by atomic mass is 35.5. The first-order valence-corrected chi connectivity index (χ1v) is 12.4. The molecule has 0 saturated heterocycles. The first-order chi connectivity index (χ1) is 17.2. The van der Waals surface area contributed by atoms with Crippen LogP contribution in [0, 0.1) is 6.92 Å². The fraction of sp³-hybridized carbons (Fsp3) is 0.276. The Morgan fingerprint density at radius 1 is 1.03 bits per heavy atom. The first kappa shape index (κ1) is 25.5. The van der Waals surface area contributed by atoms with Gasteiger partial charge in [0, 0.05) is 54.6 Å². The number of fused-ring (bicyclic) bond motifs is 1. The molecule has 186 valence electrons. The molecule has 1 heterocycles. The average Bonchev–Trinajstić information content (AvgIpc) is 3.03. The van der Waals surface area contributed by atoms with Crippen LogP contribution in [0.4, 0.5) is 11.4 Å². The SMILES string of the molecule is Cc1ccccc1C(=O)Nc1ccc(C(=O)N2CCCC(CC(=O)N(C)C)c3cc(Cl)ccc32)cc1. The van der Waals surface area contributed by atoms with Gasteiger partial charge in [0.15, 0.2) is 0 Å². The predicted molar refractivity (Wildman–Crippen MR) is 144 cm³/mol. The summed E-state index contributed by atoms with van der Waals surface area (Å²) in [6.07, 6.45) is 1.94. The van der Waals surface area contributed by atoms with E-state index in [4.69, 9.17) is 11.6 Å². The average molecular weight is 504 g/mol. The van der Waals surface area contributed by atoms with Crippen molar-refractivity contribution in [2.45, 2.75) is 32.1 Å². The third kappa shape index (κ3) is 5.60. The predicted octanol–water partition coefficient (Wildman–Crippen LogP) is 5.90. The fourth-order valence-electron chi connectivity index (χ4n) is 4.56. The maximum atomic E-state index is 13.6. The van der Waals surface area contributed by atoms with Crippen molar-refractivity contribution in [3.63, 3.8) is 0 Å². The Hall–Kier alpha value is -3.64. The van der Waals surface area contributed by atoms with Gasteiger partial charge in [-0.05, 0) is 85.3 Å². The summed E-state index contributed by atoms with van der Waals surface area (Å²) in [5, 5.41) is 3.48. The molecule has 4 rings (SSSR count). The Morgan fingerprint density at radius 2 is 1.75 bits per heavy atom. The third-order valence-corrected chi connectivity index (χ3v) is 6.83. The molecule has 1 aliphatic heterocycles. The summed E-state index contributed by atoms with van der Waals surface area (Å²) in [4.78, 5) is 42.0. The quantitative estimate of drug-likeness (QED) is 0.471. The molecule has 0 fully saturated rings. The van der Waals surface area contributed by atoms with Crippen molar-refractivity contribution in [1.29, 1.82) is 0 Å². The van der Waals surface area contributed by atoms with E-state index in [1.165, 1.54) is 0 Å². The van der Waals surface area contributed by atoms with E-state index in [-0.39, 0.29) is 23.6 Å². The van der Waals surface area contributed by atoms with E-state index in [0.717, 1.165) is 29.7 Å². The van der Waals surface area contributed by atoms with Gasteiger partial charge < -0.3 is 15.1 Å². The number of nitrogens with one attached hydrogen (secondary N) is 1. The molecule has 0 radical (unpaired) electrons. The van der Waals surface area contributed by atoms with Crippen LogP contribution in [0.15, 0.2) is 66.7 Å². The van der Waals surface area contributed by atoms with Crippen LogP contribution in [0.1, 0.15) is 57.0 Å². The van der Waals surface area contributed by atoms with Gasteiger partial charge in [0.25, 0.3) is 11.8 Å². The summed E-state index contributed by atoms with van der Waals surface area (Å²) in [5.74, 6) is -0.279. The second-order valence-electron chi connectivity index (χ2n) is 9.34. The van der Waals surface area contributed by atoms with Crippen molar-refractivity contribution in [1.82, 2.24) is 4.90 Å². The van der Waals surface area contributed by atoms with Crippen LogP contribution in [0.2, 0.25) is 5.02 Å². The van der Waals surface area contributed by atoms with E-state index >= 15 is 0 Å². The molecule has 6 nitrogen and oxygen atoms in total. The fourth-order valence-corrected chi connectivity index (χ4v) is 4.74. The van der Waals surface area contributed by atoms with Crippen LogP contribution in [0.3, 0.4) is 0 Å². The zero-order chi connectivity index (χ0) is 25.8. The Bertz CT molecular complexity index is 1290. The molecule has 3 aromatic rings. The van der Waals surface area contributed by atoms with Crippen molar-refractivity contribution in [3.05, 3.63) is 94.0 Å². The minimum Gasteiger partial charge on any atom is -0.349 e. The number of nitrogens with zero attached hydrogens (tertiary/aromatic N) is 2. The third-order valence-electron chi connectivity index (χ3n) is 6.60. The van der Waals surface area contributed by atoms with Crippen LogP contribution < -0.4 is 10.2 Å². The Kier molecular flexibility index (Phi) is 7.75. The largest absolute Gasteiger partial charge is 0.349 e. The van der Waals surface area contributed by atoms with Crippen LogP contribution in [-0.2, 0) is 4.79 Å². The highest BCUT2D eigenvalue weighted by molar-refractivity contribution is 6.30. The lowest BCUT2D eigenvalue weighted by Crippen LogP contribution is -2.31. The molecular weight excluding hydrogens is 474 g/mol. The number of hydrogen-bond acceptors (Lipinski definition) is 3. The molecule has 0 spiro atoms. The molecule has 36 heavy (non-hydrogen) atoms. The zero-order valence-corrected chi connectivity index (χ0v) is 21.5. The summed E-state index contributed by atoms with van der Waals surface area (Å²) >= 11 is 6.32. The van der Waals surface area contributed by atoms with Gasteiger partial charge in [-0.25, -0.2) is 0 Å². The number of benzene rings is 3. The van der Waals surface area contributed by atoms with E-state index < -0.39 is 0 Å².